The molecular formula is C47H45BN2. The van der Waals surface area contributed by atoms with E-state index in [9.17, 15) is 0 Å². The summed E-state index contributed by atoms with van der Waals surface area (Å²) in [5.41, 5.74) is 14.1. The third-order valence-electron chi connectivity index (χ3n) is 9.92. The van der Waals surface area contributed by atoms with Gasteiger partial charge in [-0.25, -0.2) is 0 Å². The van der Waals surface area contributed by atoms with Crippen LogP contribution in [0.5, 0.6) is 0 Å². The van der Waals surface area contributed by atoms with Gasteiger partial charge in [0.25, 0.3) is 0 Å². The smallest absolute Gasteiger partial charge is 0.241 e. The van der Waals surface area contributed by atoms with Crippen molar-refractivity contribution in [1.29, 1.82) is 0 Å². The standard InChI is InChI=1S/C45H39BN2.C2H6/c1-3-34-32-38(30-31-41(34)46(35-19-7-4-8-20-35)40-26-15-13-18-33(40)2)47(36-21-9-5-10-22-36)43-28-17-29-44-45(43)39-25-14-16-27-42(39)48(44)37-23-11-6-12-24-37;1-2/h4-11,13-23,25-32H,3,12,24H2,1-2H3;1-2H3. The van der Waals surface area contributed by atoms with E-state index in [0.29, 0.717) is 0 Å². The minimum Gasteiger partial charge on any atom is -0.313 e. The Morgan fingerprint density at radius 3 is 2.10 bits per heavy atom. The monoisotopic (exact) mass is 648 g/mol. The summed E-state index contributed by atoms with van der Waals surface area (Å²) in [7, 11) is 0. The first kappa shape index (κ1) is 33.0. The molecule has 0 bridgehead atoms. The second kappa shape index (κ2) is 14.9. The Bertz CT molecular complexity index is 2300. The zero-order valence-electron chi connectivity index (χ0n) is 29.7. The summed E-state index contributed by atoms with van der Waals surface area (Å²) in [6.45, 7) is 8.68. The van der Waals surface area contributed by atoms with Crippen LogP contribution in [0.2, 0.25) is 0 Å². The molecule has 0 N–H and O–H groups in total. The van der Waals surface area contributed by atoms with E-state index in [0.717, 1.165) is 24.9 Å². The van der Waals surface area contributed by atoms with Gasteiger partial charge in [-0.1, -0.05) is 164 Å². The van der Waals surface area contributed by atoms with Gasteiger partial charge in [0.2, 0.25) is 6.71 Å². The molecule has 2 nitrogen and oxygen atoms in total. The molecule has 0 saturated heterocycles. The molecule has 0 amide bonds. The highest BCUT2D eigenvalue weighted by Gasteiger charge is 2.27. The van der Waals surface area contributed by atoms with Crippen molar-refractivity contribution in [3.63, 3.8) is 0 Å². The predicted octanol–water partition coefficient (Wildman–Crippen LogP) is 10.9. The van der Waals surface area contributed by atoms with Gasteiger partial charge in [0.1, 0.15) is 0 Å². The molecule has 6 aromatic carbocycles. The van der Waals surface area contributed by atoms with Crippen LogP contribution in [0.1, 0.15) is 44.7 Å². The van der Waals surface area contributed by atoms with Gasteiger partial charge < -0.3 is 9.47 Å². The quantitative estimate of drug-likeness (QED) is 0.149. The number of hydrogen-bond acceptors (Lipinski definition) is 1. The zero-order chi connectivity index (χ0) is 34.5. The van der Waals surface area contributed by atoms with Crippen LogP contribution >= 0.6 is 0 Å². The molecule has 0 unspecified atom stereocenters. The maximum atomic E-state index is 2.48. The molecule has 1 aliphatic rings. The highest BCUT2D eigenvalue weighted by Crippen LogP contribution is 2.44. The Morgan fingerprint density at radius 2 is 1.36 bits per heavy atom. The maximum Gasteiger partial charge on any atom is 0.241 e. The second-order valence-electron chi connectivity index (χ2n) is 12.8. The lowest BCUT2D eigenvalue weighted by molar-refractivity contribution is 0.979. The van der Waals surface area contributed by atoms with E-state index in [-0.39, 0.29) is 6.71 Å². The van der Waals surface area contributed by atoms with Crippen LogP contribution in [-0.2, 0) is 6.42 Å². The number of aryl methyl sites for hydroxylation is 2. The maximum absolute atomic E-state index is 2.48. The van der Waals surface area contributed by atoms with Gasteiger partial charge >= 0.3 is 0 Å². The molecule has 7 aromatic rings. The summed E-state index contributed by atoms with van der Waals surface area (Å²) in [6, 6.07) is 53.5. The lowest BCUT2D eigenvalue weighted by Gasteiger charge is -2.28. The lowest BCUT2D eigenvalue weighted by atomic mass is 9.35. The Morgan fingerprint density at radius 1 is 0.660 bits per heavy atom. The van der Waals surface area contributed by atoms with Crippen LogP contribution in [0.15, 0.2) is 164 Å². The SMILES string of the molecule is CC.CCc1cc(N(c2ccccc2)c2cccc3c2c2ccccc2n3C2=CC=CCC2)ccc1B(c1ccccc1)c1ccccc1C. The van der Waals surface area contributed by atoms with E-state index in [2.05, 4.69) is 187 Å². The minimum absolute atomic E-state index is 0.154. The molecule has 3 heteroatoms. The average Bonchev–Trinajstić information content (AvgIpc) is 3.53. The van der Waals surface area contributed by atoms with Crippen LogP contribution in [0, 0.1) is 6.92 Å². The Balaban J connectivity index is 0.00000193. The molecule has 8 rings (SSSR count). The van der Waals surface area contributed by atoms with Crippen LogP contribution in [0.3, 0.4) is 0 Å². The van der Waals surface area contributed by atoms with Crippen molar-refractivity contribution in [3.05, 3.63) is 175 Å². The number of rotatable bonds is 8. The summed E-state index contributed by atoms with van der Waals surface area (Å²) < 4.78 is 2.48. The molecule has 0 aliphatic heterocycles. The van der Waals surface area contributed by atoms with Gasteiger partial charge in [0.05, 0.1) is 16.7 Å². The molecule has 50 heavy (non-hydrogen) atoms. The lowest BCUT2D eigenvalue weighted by Crippen LogP contribution is -2.54. The third-order valence-corrected chi connectivity index (χ3v) is 9.92. The van der Waals surface area contributed by atoms with Crippen LogP contribution in [-0.4, -0.2) is 11.3 Å². The Hall–Kier alpha value is -5.54. The third kappa shape index (κ3) is 6.09. The molecule has 0 spiro atoms. The molecule has 0 radical (unpaired) electrons. The van der Waals surface area contributed by atoms with Crippen molar-refractivity contribution in [2.75, 3.05) is 4.90 Å². The highest BCUT2D eigenvalue weighted by molar-refractivity contribution is 6.96. The van der Waals surface area contributed by atoms with E-state index in [1.165, 1.54) is 66.4 Å². The first-order valence-electron chi connectivity index (χ1n) is 18.2. The highest BCUT2D eigenvalue weighted by atomic mass is 15.1. The van der Waals surface area contributed by atoms with Gasteiger partial charge in [-0.3, -0.25) is 0 Å². The van der Waals surface area contributed by atoms with Crippen molar-refractivity contribution < 1.29 is 0 Å². The Kier molecular flexibility index (Phi) is 9.85. The normalized spacial score (nSPS) is 12.4. The van der Waals surface area contributed by atoms with E-state index in [4.69, 9.17) is 0 Å². The van der Waals surface area contributed by atoms with Gasteiger partial charge in [0, 0.05) is 27.8 Å². The topological polar surface area (TPSA) is 8.17 Å². The first-order valence-corrected chi connectivity index (χ1v) is 18.2. The summed E-state index contributed by atoms with van der Waals surface area (Å²) >= 11 is 0. The number of benzene rings is 6. The van der Waals surface area contributed by atoms with Crippen molar-refractivity contribution in [3.8, 4) is 0 Å². The summed E-state index contributed by atoms with van der Waals surface area (Å²) in [5, 5.41) is 2.55. The number of nitrogens with zero attached hydrogens (tertiary/aromatic N) is 2. The first-order chi connectivity index (χ1) is 24.7. The summed E-state index contributed by atoms with van der Waals surface area (Å²) in [6.07, 6.45) is 9.77. The summed E-state index contributed by atoms with van der Waals surface area (Å²) in [4.78, 5) is 2.46. The molecule has 0 saturated carbocycles. The largest absolute Gasteiger partial charge is 0.313 e. The fourth-order valence-corrected chi connectivity index (χ4v) is 7.68. The minimum atomic E-state index is 0.154. The predicted molar refractivity (Wildman–Crippen MR) is 220 cm³/mol. The van der Waals surface area contributed by atoms with Crippen molar-refractivity contribution in [1.82, 2.24) is 4.57 Å². The van der Waals surface area contributed by atoms with Gasteiger partial charge in [0.15, 0.2) is 0 Å². The second-order valence-corrected chi connectivity index (χ2v) is 12.8. The van der Waals surface area contributed by atoms with Crippen molar-refractivity contribution >= 4 is 67.7 Å². The van der Waals surface area contributed by atoms with Crippen LogP contribution in [0.25, 0.3) is 27.5 Å². The number of allylic oxidation sites excluding steroid dienone is 4. The fraction of sp³-hybridized carbons (Fsp3) is 0.149. The van der Waals surface area contributed by atoms with Crippen molar-refractivity contribution in [2.45, 2.75) is 47.0 Å². The van der Waals surface area contributed by atoms with E-state index in [1.807, 2.05) is 13.8 Å². The average molecular weight is 649 g/mol. The number of hydrogen-bond donors (Lipinski definition) is 0. The molecule has 1 aromatic heterocycles. The van der Waals surface area contributed by atoms with Gasteiger partial charge in [-0.15, -0.1) is 0 Å². The number of anilines is 3. The van der Waals surface area contributed by atoms with Crippen molar-refractivity contribution in [2.24, 2.45) is 0 Å². The zero-order valence-corrected chi connectivity index (χ0v) is 29.7. The molecular weight excluding hydrogens is 603 g/mol. The fourth-order valence-electron chi connectivity index (χ4n) is 7.68. The van der Waals surface area contributed by atoms with Gasteiger partial charge in [-0.2, -0.15) is 0 Å². The molecule has 0 atom stereocenters. The molecule has 0 fully saturated rings. The molecule has 1 aliphatic carbocycles. The van der Waals surface area contributed by atoms with Crippen LogP contribution in [0.4, 0.5) is 17.1 Å². The number of fused-ring (bicyclic) bond motifs is 3. The van der Waals surface area contributed by atoms with E-state index >= 15 is 0 Å². The number of aromatic nitrogens is 1. The Labute approximate surface area is 298 Å². The van der Waals surface area contributed by atoms with Gasteiger partial charge in [-0.05, 0) is 74.7 Å². The summed E-state index contributed by atoms with van der Waals surface area (Å²) in [5.74, 6) is 0. The van der Waals surface area contributed by atoms with E-state index in [1.54, 1.807) is 0 Å². The number of para-hydroxylation sites is 2. The molecule has 246 valence electrons. The molecule has 1 heterocycles. The van der Waals surface area contributed by atoms with E-state index < -0.39 is 0 Å². The van der Waals surface area contributed by atoms with Crippen LogP contribution < -0.4 is 21.3 Å².